The highest BCUT2D eigenvalue weighted by molar-refractivity contribution is 9.10. The number of nitrogens with zero attached hydrogens (tertiary/aromatic N) is 1. The molecule has 0 aliphatic heterocycles. The monoisotopic (exact) mass is 424 g/mol. The molecule has 0 saturated heterocycles. The summed E-state index contributed by atoms with van der Waals surface area (Å²) in [5.41, 5.74) is 0.851. The van der Waals surface area contributed by atoms with Crippen molar-refractivity contribution in [1.29, 1.82) is 0 Å². The molecule has 0 radical (unpaired) electrons. The number of anilines is 1. The Morgan fingerprint density at radius 2 is 1.80 bits per heavy atom. The Kier molecular flexibility index (Phi) is 6.10. The number of Topliss-reactive ketones (excluding diaryl/α,β-unsaturated/α-hetero) is 1. The van der Waals surface area contributed by atoms with Crippen LogP contribution in [0.1, 0.15) is 17.3 Å². The number of amides is 1. The van der Waals surface area contributed by atoms with Gasteiger partial charge in [-0.3, -0.25) is 9.59 Å². The number of likely N-dealkylation sites (N-methyl/N-ethyl adjacent to an activating group) is 1. The molecular weight excluding hydrogens is 408 g/mol. The summed E-state index contributed by atoms with van der Waals surface area (Å²) in [6.07, 6.45) is 0. The van der Waals surface area contributed by atoms with Crippen LogP contribution < -0.4 is 5.32 Å². The van der Waals surface area contributed by atoms with Crippen LogP contribution in [0.25, 0.3) is 0 Å². The lowest BCUT2D eigenvalue weighted by atomic mass is 10.2. The Labute approximate surface area is 155 Å². The predicted octanol–water partition coefficient (Wildman–Crippen LogP) is 2.91. The van der Waals surface area contributed by atoms with Gasteiger partial charge >= 0.3 is 0 Å². The molecule has 8 heteroatoms. The minimum absolute atomic E-state index is 0.0311. The lowest BCUT2D eigenvalue weighted by Gasteiger charge is -2.17. The van der Waals surface area contributed by atoms with Crippen LogP contribution in [0, 0.1) is 0 Å². The third kappa shape index (κ3) is 4.75. The summed E-state index contributed by atoms with van der Waals surface area (Å²) in [4.78, 5) is 23.5. The molecule has 0 fully saturated rings. The summed E-state index contributed by atoms with van der Waals surface area (Å²) in [7, 11) is -2.57. The largest absolute Gasteiger partial charge is 0.324 e. The molecule has 2 rings (SSSR count). The number of sulfonamides is 1. The molecule has 2 aromatic rings. The van der Waals surface area contributed by atoms with E-state index in [0.29, 0.717) is 15.7 Å². The van der Waals surface area contributed by atoms with Crippen molar-refractivity contribution in [3.63, 3.8) is 0 Å². The number of para-hydroxylation sites is 1. The molecule has 1 amide bonds. The molecule has 0 saturated carbocycles. The van der Waals surface area contributed by atoms with Crippen molar-refractivity contribution in [1.82, 2.24) is 4.31 Å². The van der Waals surface area contributed by atoms with E-state index < -0.39 is 15.9 Å². The molecule has 25 heavy (non-hydrogen) atoms. The van der Waals surface area contributed by atoms with Crippen molar-refractivity contribution in [2.45, 2.75) is 11.8 Å². The van der Waals surface area contributed by atoms with Crippen molar-refractivity contribution >= 4 is 43.3 Å². The SMILES string of the molecule is CC(=O)c1cccc(S(=O)(=O)N(C)CC(=O)Nc2ccccc2Br)c1. The van der Waals surface area contributed by atoms with Crippen molar-refractivity contribution in [2.24, 2.45) is 0 Å². The Morgan fingerprint density at radius 1 is 1.12 bits per heavy atom. The van der Waals surface area contributed by atoms with E-state index in [0.717, 1.165) is 4.31 Å². The maximum absolute atomic E-state index is 12.6. The first kappa shape index (κ1) is 19.3. The maximum Gasteiger partial charge on any atom is 0.243 e. The van der Waals surface area contributed by atoms with Crippen molar-refractivity contribution < 1.29 is 18.0 Å². The van der Waals surface area contributed by atoms with Crippen LogP contribution in [0.2, 0.25) is 0 Å². The first-order chi connectivity index (χ1) is 11.7. The van der Waals surface area contributed by atoms with Crippen LogP contribution >= 0.6 is 15.9 Å². The molecule has 0 aromatic heterocycles. The molecule has 2 aromatic carbocycles. The number of carbonyl (C=O) groups is 2. The van der Waals surface area contributed by atoms with Gasteiger partial charge in [-0.1, -0.05) is 24.3 Å². The summed E-state index contributed by atoms with van der Waals surface area (Å²) in [5, 5.41) is 2.65. The van der Waals surface area contributed by atoms with Crippen molar-refractivity contribution in [3.8, 4) is 0 Å². The number of rotatable bonds is 6. The number of hydrogen-bond donors (Lipinski definition) is 1. The highest BCUT2D eigenvalue weighted by Crippen LogP contribution is 2.21. The lowest BCUT2D eigenvalue weighted by Crippen LogP contribution is -2.35. The average molecular weight is 425 g/mol. The number of benzene rings is 2. The highest BCUT2D eigenvalue weighted by atomic mass is 79.9. The van der Waals surface area contributed by atoms with Gasteiger partial charge in [-0.05, 0) is 47.1 Å². The van der Waals surface area contributed by atoms with Gasteiger partial charge in [0, 0.05) is 17.1 Å². The minimum Gasteiger partial charge on any atom is -0.324 e. The second kappa shape index (κ2) is 7.90. The summed E-state index contributed by atoms with van der Waals surface area (Å²) < 4.78 is 26.8. The van der Waals surface area contributed by atoms with Crippen LogP contribution in [-0.4, -0.2) is 38.0 Å². The number of nitrogens with one attached hydrogen (secondary N) is 1. The van der Waals surface area contributed by atoms with E-state index >= 15 is 0 Å². The maximum atomic E-state index is 12.6. The highest BCUT2D eigenvalue weighted by Gasteiger charge is 2.23. The summed E-state index contributed by atoms with van der Waals surface area (Å²) in [5.74, 6) is -0.702. The number of halogens is 1. The topological polar surface area (TPSA) is 83.6 Å². The van der Waals surface area contributed by atoms with E-state index in [1.54, 1.807) is 30.3 Å². The molecule has 0 unspecified atom stereocenters. The van der Waals surface area contributed by atoms with E-state index in [9.17, 15) is 18.0 Å². The third-order valence-corrected chi connectivity index (χ3v) is 5.95. The lowest BCUT2D eigenvalue weighted by molar-refractivity contribution is -0.116. The number of hydrogen-bond acceptors (Lipinski definition) is 4. The zero-order chi connectivity index (χ0) is 18.6. The van der Waals surface area contributed by atoms with Gasteiger partial charge < -0.3 is 5.32 Å². The fourth-order valence-electron chi connectivity index (χ4n) is 2.10. The summed E-state index contributed by atoms with van der Waals surface area (Å²) >= 11 is 3.31. The first-order valence-electron chi connectivity index (χ1n) is 7.33. The van der Waals surface area contributed by atoms with Gasteiger partial charge in [0.15, 0.2) is 5.78 Å². The fourth-order valence-corrected chi connectivity index (χ4v) is 3.65. The second-order valence-electron chi connectivity index (χ2n) is 5.37. The molecule has 0 aliphatic carbocycles. The van der Waals surface area contributed by atoms with Crippen LogP contribution in [0.15, 0.2) is 57.9 Å². The zero-order valence-corrected chi connectivity index (χ0v) is 16.1. The van der Waals surface area contributed by atoms with E-state index in [1.807, 2.05) is 0 Å². The van der Waals surface area contributed by atoms with Crippen LogP contribution in [0.3, 0.4) is 0 Å². The third-order valence-electron chi connectivity index (χ3n) is 3.46. The Morgan fingerprint density at radius 3 is 2.44 bits per heavy atom. The fraction of sp³-hybridized carbons (Fsp3) is 0.176. The molecular formula is C17H17BrN2O4S. The van der Waals surface area contributed by atoms with Gasteiger partial charge in [0.1, 0.15) is 0 Å². The van der Waals surface area contributed by atoms with Gasteiger partial charge in [0.25, 0.3) is 0 Å². The second-order valence-corrected chi connectivity index (χ2v) is 8.27. The smallest absolute Gasteiger partial charge is 0.243 e. The van der Waals surface area contributed by atoms with Crippen molar-refractivity contribution in [2.75, 3.05) is 18.9 Å². The predicted molar refractivity (Wildman–Crippen MR) is 99.0 cm³/mol. The number of ketones is 1. The summed E-state index contributed by atoms with van der Waals surface area (Å²) in [6, 6.07) is 12.8. The molecule has 1 N–H and O–H groups in total. The summed E-state index contributed by atoms with van der Waals surface area (Å²) in [6.45, 7) is 1.01. The average Bonchev–Trinajstić information content (AvgIpc) is 2.57. The Balaban J connectivity index is 2.15. The number of carbonyl (C=O) groups excluding carboxylic acids is 2. The van der Waals surface area contributed by atoms with Gasteiger partial charge in [0.2, 0.25) is 15.9 Å². The normalized spacial score (nSPS) is 11.4. The van der Waals surface area contributed by atoms with Crippen LogP contribution in [-0.2, 0) is 14.8 Å². The van der Waals surface area contributed by atoms with E-state index in [-0.39, 0.29) is 17.2 Å². The van der Waals surface area contributed by atoms with E-state index in [1.165, 1.54) is 32.2 Å². The molecule has 0 aliphatic rings. The van der Waals surface area contributed by atoms with E-state index in [4.69, 9.17) is 0 Å². The molecule has 0 spiro atoms. The minimum atomic E-state index is -3.88. The Bertz CT molecular complexity index is 912. The van der Waals surface area contributed by atoms with Gasteiger partial charge in [0.05, 0.1) is 17.1 Å². The molecule has 6 nitrogen and oxygen atoms in total. The van der Waals surface area contributed by atoms with Crippen LogP contribution in [0.5, 0.6) is 0 Å². The van der Waals surface area contributed by atoms with E-state index in [2.05, 4.69) is 21.2 Å². The van der Waals surface area contributed by atoms with Crippen molar-refractivity contribution in [3.05, 3.63) is 58.6 Å². The van der Waals surface area contributed by atoms with Gasteiger partial charge in [-0.25, -0.2) is 8.42 Å². The first-order valence-corrected chi connectivity index (χ1v) is 9.57. The van der Waals surface area contributed by atoms with Crippen LogP contribution in [0.4, 0.5) is 5.69 Å². The quantitative estimate of drug-likeness (QED) is 0.722. The van der Waals surface area contributed by atoms with Gasteiger partial charge in [-0.2, -0.15) is 4.31 Å². The Hall–Kier alpha value is -2.03. The standard InChI is InChI=1S/C17H17BrN2O4S/c1-12(21)13-6-5-7-14(10-13)25(23,24)20(2)11-17(22)19-16-9-4-3-8-15(16)18/h3-10H,11H2,1-2H3,(H,19,22). The molecule has 0 atom stereocenters. The van der Waals surface area contributed by atoms with Gasteiger partial charge in [-0.15, -0.1) is 0 Å². The zero-order valence-electron chi connectivity index (χ0n) is 13.7. The molecule has 0 bridgehead atoms. The molecule has 0 heterocycles. The molecule has 132 valence electrons.